The molecule has 0 heterocycles. The first-order valence-electron chi connectivity index (χ1n) is 17.6. The van der Waals surface area contributed by atoms with Gasteiger partial charge in [0.05, 0.1) is 33.7 Å². The maximum Gasteiger partial charge on any atom is 0.360 e. The van der Waals surface area contributed by atoms with E-state index in [0.29, 0.717) is 17.5 Å². The molecule has 0 aliphatic heterocycles. The van der Waals surface area contributed by atoms with Crippen LogP contribution in [-0.4, -0.2) is 43.1 Å². The molecular weight excluding hydrogens is 518 g/mol. The van der Waals surface area contributed by atoms with E-state index in [2.05, 4.69) is 34.7 Å². The molecule has 0 radical (unpaired) electrons. The molecule has 0 saturated heterocycles. The number of quaternary nitrogens is 1. The average Bonchev–Trinajstić information content (AvgIpc) is 2.90. The van der Waals surface area contributed by atoms with Crippen molar-refractivity contribution in [3.05, 3.63) is 0 Å². The molecule has 0 bridgehead atoms. The number of rotatable bonds is 30. The van der Waals surface area contributed by atoms with Crippen LogP contribution in [0, 0.1) is 0 Å². The zero-order chi connectivity index (χ0) is 29.1. The molecule has 0 aromatic heterocycles. The quantitative estimate of drug-likeness (QED) is 0.0367. The van der Waals surface area contributed by atoms with Gasteiger partial charge in [-0.25, -0.2) is 0 Å². The lowest BCUT2D eigenvalue weighted by Crippen LogP contribution is -3.00. The van der Waals surface area contributed by atoms with Gasteiger partial charge in [-0.2, -0.15) is 0 Å². The van der Waals surface area contributed by atoms with Gasteiger partial charge in [0.2, 0.25) is 0 Å². The lowest BCUT2D eigenvalue weighted by Gasteiger charge is -2.46. The molecule has 0 aliphatic carbocycles. The van der Waals surface area contributed by atoms with Crippen LogP contribution in [0.2, 0.25) is 0 Å². The molecule has 1 unspecified atom stereocenters. The zero-order valence-corrected chi connectivity index (χ0v) is 28.9. The third kappa shape index (κ3) is 21.4. The normalized spacial score (nSPS) is 13.2. The van der Waals surface area contributed by atoms with Gasteiger partial charge in [-0.15, -0.1) is 0 Å². The van der Waals surface area contributed by atoms with Gasteiger partial charge < -0.3 is 17.1 Å². The first-order chi connectivity index (χ1) is 18.9. The first-order valence-corrected chi connectivity index (χ1v) is 17.6. The molecule has 0 amide bonds. The molecule has 0 spiro atoms. The summed E-state index contributed by atoms with van der Waals surface area (Å²) >= 11 is 0. The Labute approximate surface area is 258 Å². The van der Waals surface area contributed by atoms with E-state index < -0.39 is 5.91 Å². The maximum atomic E-state index is 12.9. The van der Waals surface area contributed by atoms with Crippen LogP contribution < -0.4 is 12.4 Å². The minimum Gasteiger partial charge on any atom is -1.00 e. The van der Waals surface area contributed by atoms with Crippen LogP contribution in [0.1, 0.15) is 189 Å². The molecule has 0 N–H and O–H groups in total. The number of halogens is 1. The van der Waals surface area contributed by atoms with Crippen molar-refractivity contribution in [3.8, 4) is 0 Å². The molecule has 5 heteroatoms. The van der Waals surface area contributed by atoms with E-state index in [4.69, 9.17) is 9.47 Å². The topological polar surface area (TPSA) is 35.5 Å². The molecule has 242 valence electrons. The summed E-state index contributed by atoms with van der Waals surface area (Å²) in [5.74, 6) is -0.994. The van der Waals surface area contributed by atoms with Crippen molar-refractivity contribution in [3.63, 3.8) is 0 Å². The van der Waals surface area contributed by atoms with Crippen LogP contribution in [0.3, 0.4) is 0 Å². The fourth-order valence-electron chi connectivity index (χ4n) is 5.85. The third-order valence-electron chi connectivity index (χ3n) is 8.57. The van der Waals surface area contributed by atoms with Crippen molar-refractivity contribution < 1.29 is 31.2 Å². The van der Waals surface area contributed by atoms with Crippen molar-refractivity contribution in [1.29, 1.82) is 0 Å². The van der Waals surface area contributed by atoms with Gasteiger partial charge in [0.15, 0.2) is 0 Å². The highest BCUT2D eigenvalue weighted by Crippen LogP contribution is 2.29. The smallest absolute Gasteiger partial charge is 0.360 e. The summed E-state index contributed by atoms with van der Waals surface area (Å²) in [4.78, 5) is 12.9. The van der Waals surface area contributed by atoms with Gasteiger partial charge in [-0.3, -0.25) is 14.0 Å². The molecular formula is C35H72ClNO3. The molecule has 0 aliphatic rings. The Balaban J connectivity index is 0. The summed E-state index contributed by atoms with van der Waals surface area (Å²) in [6.45, 7) is 13.6. The standard InChI is InChI=1S/C35H72NO3.ClH/c1-7-11-13-15-17-19-20-21-23-25-27-29-33-38-35(5,36(6,31-9-3)32-10-4)39-34(37)30-28-26-24-22-18-16-14-12-8-2;/h7-33H2,1-6H3;1H/q+1;/p-1. The van der Waals surface area contributed by atoms with Crippen molar-refractivity contribution >= 4 is 5.97 Å². The monoisotopic (exact) mass is 590 g/mol. The number of hydrogen-bond acceptors (Lipinski definition) is 3. The van der Waals surface area contributed by atoms with E-state index >= 15 is 0 Å². The van der Waals surface area contributed by atoms with Crippen molar-refractivity contribution in [2.75, 3.05) is 26.7 Å². The van der Waals surface area contributed by atoms with Crippen LogP contribution in [-0.2, 0) is 14.3 Å². The largest absolute Gasteiger partial charge is 1.00 e. The van der Waals surface area contributed by atoms with Gasteiger partial charge >= 0.3 is 11.9 Å². The van der Waals surface area contributed by atoms with E-state index in [-0.39, 0.29) is 18.4 Å². The summed E-state index contributed by atoms with van der Waals surface area (Å²) in [5.41, 5.74) is 0. The van der Waals surface area contributed by atoms with Gasteiger partial charge in [0.25, 0.3) is 0 Å². The van der Waals surface area contributed by atoms with E-state index in [9.17, 15) is 4.79 Å². The molecule has 0 rings (SSSR count). The summed E-state index contributed by atoms with van der Waals surface area (Å²) in [7, 11) is 2.21. The molecule has 0 fully saturated rings. The molecule has 4 nitrogen and oxygen atoms in total. The van der Waals surface area contributed by atoms with Crippen LogP contribution >= 0.6 is 0 Å². The Bertz CT molecular complexity index is 539. The summed E-state index contributed by atoms with van der Waals surface area (Å²) < 4.78 is 13.3. The van der Waals surface area contributed by atoms with Crippen LogP contribution in [0.5, 0.6) is 0 Å². The first kappa shape index (κ1) is 41.8. The van der Waals surface area contributed by atoms with Gasteiger partial charge in [-0.05, 0) is 25.7 Å². The second-order valence-corrected chi connectivity index (χ2v) is 12.5. The average molecular weight is 590 g/mol. The molecule has 0 aromatic rings. The van der Waals surface area contributed by atoms with Crippen LogP contribution in [0.4, 0.5) is 0 Å². The number of hydrogen-bond donors (Lipinski definition) is 0. The second kappa shape index (κ2) is 28.8. The Kier molecular flexibility index (Phi) is 30.1. The number of esters is 1. The Morgan fingerprint density at radius 1 is 0.550 bits per heavy atom. The Morgan fingerprint density at radius 2 is 0.900 bits per heavy atom. The van der Waals surface area contributed by atoms with Crippen molar-refractivity contribution in [2.45, 2.75) is 195 Å². The Hall–Kier alpha value is -0.320. The van der Waals surface area contributed by atoms with Gasteiger partial charge in [-0.1, -0.05) is 150 Å². The highest BCUT2D eigenvalue weighted by atomic mass is 35.5. The highest BCUT2D eigenvalue weighted by Gasteiger charge is 2.48. The molecule has 40 heavy (non-hydrogen) atoms. The number of carbonyl (C=O) groups is 1. The zero-order valence-electron chi connectivity index (χ0n) is 28.1. The fourth-order valence-corrected chi connectivity index (χ4v) is 5.85. The second-order valence-electron chi connectivity index (χ2n) is 12.5. The number of nitrogens with zero attached hydrogens (tertiary/aromatic N) is 1. The Morgan fingerprint density at radius 3 is 1.27 bits per heavy atom. The van der Waals surface area contributed by atoms with Gasteiger partial charge in [0.1, 0.15) is 0 Å². The maximum absolute atomic E-state index is 12.9. The van der Waals surface area contributed by atoms with Crippen LogP contribution in [0.25, 0.3) is 0 Å². The van der Waals surface area contributed by atoms with Crippen molar-refractivity contribution in [1.82, 2.24) is 0 Å². The molecule has 0 aromatic carbocycles. The van der Waals surface area contributed by atoms with E-state index in [0.717, 1.165) is 45.2 Å². The number of carbonyl (C=O) groups excluding carboxylic acids is 1. The van der Waals surface area contributed by atoms with E-state index in [1.54, 1.807) is 0 Å². The number of ether oxygens (including phenoxy) is 2. The van der Waals surface area contributed by atoms with E-state index in [1.165, 1.54) is 116 Å². The summed E-state index contributed by atoms with van der Waals surface area (Å²) in [6, 6.07) is 0. The summed E-state index contributed by atoms with van der Waals surface area (Å²) in [5, 5.41) is 0. The molecule has 0 saturated carbocycles. The fraction of sp³-hybridized carbons (Fsp3) is 0.971. The SMILES string of the molecule is CCCCCCCCCCCCCCOC(C)(OC(=O)CCCCCCCCCCC)[N+](C)(CCC)CCC.[Cl-]. The minimum atomic E-state index is -0.903. The van der Waals surface area contributed by atoms with Crippen LogP contribution in [0.15, 0.2) is 0 Å². The third-order valence-corrected chi connectivity index (χ3v) is 8.57. The van der Waals surface area contributed by atoms with Gasteiger partial charge in [0, 0.05) is 6.42 Å². The predicted molar refractivity (Wildman–Crippen MR) is 170 cm³/mol. The predicted octanol–water partition coefficient (Wildman–Crippen LogP) is 8.11. The summed E-state index contributed by atoms with van der Waals surface area (Å²) in [6.07, 6.45) is 29.9. The van der Waals surface area contributed by atoms with Crippen molar-refractivity contribution in [2.24, 2.45) is 0 Å². The highest BCUT2D eigenvalue weighted by molar-refractivity contribution is 5.69. The minimum absolute atomic E-state index is 0. The molecule has 1 atom stereocenters. The van der Waals surface area contributed by atoms with E-state index in [1.807, 2.05) is 6.92 Å². The number of unbranched alkanes of at least 4 members (excludes halogenated alkanes) is 19. The lowest BCUT2D eigenvalue weighted by atomic mass is 10.1. The lowest BCUT2D eigenvalue weighted by molar-refractivity contribution is -1.01.